The minimum atomic E-state index is -3.98. The van der Waals surface area contributed by atoms with Crippen molar-refractivity contribution in [2.75, 3.05) is 37.3 Å². The lowest BCUT2D eigenvalue weighted by Crippen LogP contribution is -2.35. The van der Waals surface area contributed by atoms with Crippen molar-refractivity contribution in [3.63, 3.8) is 0 Å². The quantitative estimate of drug-likeness (QED) is 0.371. The van der Waals surface area contributed by atoms with Gasteiger partial charge >= 0.3 is 0 Å². The van der Waals surface area contributed by atoms with E-state index in [-0.39, 0.29) is 31.8 Å². The summed E-state index contributed by atoms with van der Waals surface area (Å²) in [5.74, 6) is 0.153. The Morgan fingerprint density at radius 1 is 0.846 bits per heavy atom. The standard InChI is InChI=1S/C26H28ClN3O7S2/c1-36-19-8-13-24(25(16-19)37-2)29-38(32,33)20-9-6-18(7-10-20)28-26(31)22-17-21(11-12-23(22)27)39(34,35)30-14-4-3-5-15-30/h6-13,16-17,29H,3-5,14-15H2,1-2H3,(H,28,31). The van der Waals surface area contributed by atoms with Gasteiger partial charge in [-0.2, -0.15) is 4.31 Å². The third-order valence-electron chi connectivity index (χ3n) is 6.21. The molecule has 1 saturated heterocycles. The fourth-order valence-electron chi connectivity index (χ4n) is 4.10. The molecular formula is C26H28ClN3O7S2. The van der Waals surface area contributed by atoms with E-state index < -0.39 is 26.0 Å². The first-order valence-electron chi connectivity index (χ1n) is 12.0. The third kappa shape index (κ3) is 6.47. The summed E-state index contributed by atoms with van der Waals surface area (Å²) in [7, 11) is -4.84. The maximum Gasteiger partial charge on any atom is 0.262 e. The molecule has 2 N–H and O–H groups in total. The normalized spacial score (nSPS) is 14.4. The van der Waals surface area contributed by atoms with Crippen LogP contribution in [0.3, 0.4) is 0 Å². The van der Waals surface area contributed by atoms with E-state index in [1.807, 2.05) is 0 Å². The van der Waals surface area contributed by atoms with Gasteiger partial charge in [0.2, 0.25) is 10.0 Å². The predicted molar refractivity (Wildman–Crippen MR) is 149 cm³/mol. The highest BCUT2D eigenvalue weighted by Crippen LogP contribution is 2.31. The second-order valence-electron chi connectivity index (χ2n) is 8.76. The number of amides is 1. The average molecular weight is 594 g/mol. The Morgan fingerprint density at radius 3 is 2.15 bits per heavy atom. The smallest absolute Gasteiger partial charge is 0.262 e. The molecule has 1 aliphatic rings. The van der Waals surface area contributed by atoms with E-state index in [1.165, 1.54) is 67.1 Å². The molecule has 1 heterocycles. The number of hydrogen-bond donors (Lipinski definition) is 2. The van der Waals surface area contributed by atoms with Crippen molar-refractivity contribution in [2.24, 2.45) is 0 Å². The fraction of sp³-hybridized carbons (Fsp3) is 0.269. The first-order valence-corrected chi connectivity index (χ1v) is 15.3. The first kappa shape index (κ1) is 28.7. The molecule has 0 aromatic heterocycles. The predicted octanol–water partition coefficient (Wildman–Crippen LogP) is 4.58. The molecule has 0 saturated carbocycles. The average Bonchev–Trinajstić information content (AvgIpc) is 2.94. The largest absolute Gasteiger partial charge is 0.497 e. The minimum Gasteiger partial charge on any atom is -0.497 e. The van der Waals surface area contributed by atoms with Gasteiger partial charge in [0.25, 0.3) is 15.9 Å². The summed E-state index contributed by atoms with van der Waals surface area (Å²) in [6.45, 7) is 0.865. The Labute approximate surface area is 233 Å². The molecule has 1 aliphatic heterocycles. The molecule has 3 aromatic rings. The summed E-state index contributed by atoms with van der Waals surface area (Å²) in [5, 5.41) is 2.72. The van der Waals surface area contributed by atoms with Crippen LogP contribution in [-0.4, -0.2) is 54.4 Å². The van der Waals surface area contributed by atoms with E-state index in [1.54, 1.807) is 12.1 Å². The molecule has 13 heteroatoms. The number of rotatable bonds is 9. The molecule has 0 unspecified atom stereocenters. The number of nitrogens with one attached hydrogen (secondary N) is 2. The molecule has 0 bridgehead atoms. The number of halogens is 1. The van der Waals surface area contributed by atoms with E-state index in [0.717, 1.165) is 19.3 Å². The van der Waals surface area contributed by atoms with Gasteiger partial charge in [0.05, 0.1) is 40.3 Å². The van der Waals surface area contributed by atoms with E-state index in [0.29, 0.717) is 24.5 Å². The van der Waals surface area contributed by atoms with Crippen LogP contribution in [0.1, 0.15) is 29.6 Å². The number of nitrogens with zero attached hydrogens (tertiary/aromatic N) is 1. The molecule has 0 radical (unpaired) electrons. The van der Waals surface area contributed by atoms with E-state index in [9.17, 15) is 21.6 Å². The van der Waals surface area contributed by atoms with Gasteiger partial charge in [0.15, 0.2) is 0 Å². The van der Waals surface area contributed by atoms with E-state index in [4.69, 9.17) is 21.1 Å². The lowest BCUT2D eigenvalue weighted by Gasteiger charge is -2.26. The maximum absolute atomic E-state index is 13.0. The van der Waals surface area contributed by atoms with Crippen molar-refractivity contribution in [2.45, 2.75) is 29.1 Å². The molecule has 4 rings (SSSR count). The molecule has 39 heavy (non-hydrogen) atoms. The summed E-state index contributed by atoms with van der Waals surface area (Å²) < 4.78 is 66.2. The zero-order valence-corrected chi connectivity index (χ0v) is 23.7. The van der Waals surface area contributed by atoms with Gasteiger partial charge in [-0.1, -0.05) is 18.0 Å². The highest BCUT2D eigenvalue weighted by Gasteiger charge is 2.27. The molecule has 3 aromatic carbocycles. The van der Waals surface area contributed by atoms with Crippen LogP contribution in [0, 0.1) is 0 Å². The summed E-state index contributed by atoms with van der Waals surface area (Å²) in [4.78, 5) is 12.9. The number of sulfonamides is 2. The summed E-state index contributed by atoms with van der Waals surface area (Å²) in [6, 6.07) is 14.2. The molecule has 0 aliphatic carbocycles. The van der Waals surface area contributed by atoms with Gasteiger partial charge < -0.3 is 14.8 Å². The lowest BCUT2D eigenvalue weighted by molar-refractivity contribution is 0.102. The van der Waals surface area contributed by atoms with Gasteiger partial charge in [0, 0.05) is 24.8 Å². The van der Waals surface area contributed by atoms with Crippen molar-refractivity contribution in [1.29, 1.82) is 0 Å². The van der Waals surface area contributed by atoms with Crippen molar-refractivity contribution in [1.82, 2.24) is 4.31 Å². The Bertz CT molecular complexity index is 1570. The lowest BCUT2D eigenvalue weighted by atomic mass is 10.2. The van der Waals surface area contributed by atoms with Gasteiger partial charge in [-0.3, -0.25) is 9.52 Å². The number of hydrogen-bond acceptors (Lipinski definition) is 7. The second kappa shape index (κ2) is 11.8. The van der Waals surface area contributed by atoms with E-state index in [2.05, 4.69) is 10.0 Å². The Kier molecular flexibility index (Phi) is 8.70. The third-order valence-corrected chi connectivity index (χ3v) is 9.82. The monoisotopic (exact) mass is 593 g/mol. The van der Waals surface area contributed by atoms with E-state index >= 15 is 0 Å². The molecule has 208 valence electrons. The van der Waals surface area contributed by atoms with Crippen LogP contribution in [0.15, 0.2) is 70.5 Å². The number of benzene rings is 3. The van der Waals surface area contributed by atoms with Gasteiger partial charge in [-0.05, 0) is 67.4 Å². The summed E-state index contributed by atoms with van der Waals surface area (Å²) in [5.41, 5.74) is 0.505. The Balaban J connectivity index is 1.50. The number of ether oxygens (including phenoxy) is 2. The molecular weight excluding hydrogens is 566 g/mol. The number of carbonyl (C=O) groups excluding carboxylic acids is 1. The van der Waals surface area contributed by atoms with Crippen molar-refractivity contribution < 1.29 is 31.1 Å². The van der Waals surface area contributed by atoms with Crippen LogP contribution >= 0.6 is 11.6 Å². The Hall–Kier alpha value is -3.32. The van der Waals surface area contributed by atoms with Crippen LogP contribution in [0.2, 0.25) is 5.02 Å². The van der Waals surface area contributed by atoms with Crippen molar-refractivity contribution in [3.05, 3.63) is 71.2 Å². The first-order chi connectivity index (χ1) is 18.5. The highest BCUT2D eigenvalue weighted by molar-refractivity contribution is 7.92. The van der Waals surface area contributed by atoms with Crippen LogP contribution in [0.25, 0.3) is 0 Å². The number of anilines is 2. The van der Waals surface area contributed by atoms with Crippen molar-refractivity contribution in [3.8, 4) is 11.5 Å². The SMILES string of the molecule is COc1ccc(NS(=O)(=O)c2ccc(NC(=O)c3cc(S(=O)(=O)N4CCCCC4)ccc3Cl)cc2)c(OC)c1. The maximum atomic E-state index is 13.0. The topological polar surface area (TPSA) is 131 Å². The van der Waals surface area contributed by atoms with Crippen LogP contribution in [0.4, 0.5) is 11.4 Å². The second-order valence-corrected chi connectivity index (χ2v) is 12.8. The van der Waals surface area contributed by atoms with Gasteiger partial charge in [-0.15, -0.1) is 0 Å². The van der Waals surface area contributed by atoms with Gasteiger partial charge in [-0.25, -0.2) is 16.8 Å². The zero-order valence-electron chi connectivity index (χ0n) is 21.3. The summed E-state index contributed by atoms with van der Waals surface area (Å²) in [6.07, 6.45) is 2.55. The zero-order chi connectivity index (χ0) is 28.2. The summed E-state index contributed by atoms with van der Waals surface area (Å²) >= 11 is 6.22. The Morgan fingerprint density at radius 2 is 1.51 bits per heavy atom. The molecule has 0 atom stereocenters. The fourth-order valence-corrected chi connectivity index (χ4v) is 6.91. The van der Waals surface area contributed by atoms with Crippen molar-refractivity contribution >= 4 is 48.9 Å². The highest BCUT2D eigenvalue weighted by atomic mass is 35.5. The molecule has 10 nitrogen and oxygen atoms in total. The number of piperidine rings is 1. The molecule has 1 amide bonds. The van der Waals surface area contributed by atoms with Crippen LogP contribution < -0.4 is 19.5 Å². The molecule has 1 fully saturated rings. The number of carbonyl (C=O) groups is 1. The number of methoxy groups -OCH3 is 2. The van der Waals surface area contributed by atoms with Crippen LogP contribution in [-0.2, 0) is 20.0 Å². The minimum absolute atomic E-state index is 0.0135. The van der Waals surface area contributed by atoms with Crippen LogP contribution in [0.5, 0.6) is 11.5 Å². The van der Waals surface area contributed by atoms with Gasteiger partial charge in [0.1, 0.15) is 11.5 Å². The molecule has 0 spiro atoms.